The standard InChI is InChI=1S/C11H12F3IN2O3/c1-2-19-9(18)4-8-10(20-11(12,13)14)7(15)3-6(5-16)17-8/h3H,2,4-5,16H2,1H3. The van der Waals surface area contributed by atoms with Crippen LogP contribution in [0, 0.1) is 3.57 Å². The van der Waals surface area contributed by atoms with Gasteiger partial charge in [-0.15, -0.1) is 13.2 Å². The van der Waals surface area contributed by atoms with Crippen LogP contribution in [0.4, 0.5) is 13.2 Å². The first kappa shape index (κ1) is 17.0. The second-order valence-corrected chi connectivity index (χ2v) is 4.77. The van der Waals surface area contributed by atoms with Gasteiger partial charge in [0.25, 0.3) is 0 Å². The highest BCUT2D eigenvalue weighted by molar-refractivity contribution is 14.1. The lowest BCUT2D eigenvalue weighted by molar-refractivity contribution is -0.275. The van der Waals surface area contributed by atoms with E-state index >= 15 is 0 Å². The van der Waals surface area contributed by atoms with Crippen LogP contribution < -0.4 is 10.5 Å². The molecule has 2 N–H and O–H groups in total. The van der Waals surface area contributed by atoms with Crippen LogP contribution in [0.5, 0.6) is 5.75 Å². The van der Waals surface area contributed by atoms with Gasteiger partial charge in [0.1, 0.15) is 0 Å². The number of carbonyl (C=O) groups excluding carboxylic acids is 1. The second kappa shape index (κ2) is 7.07. The van der Waals surface area contributed by atoms with E-state index in [0.29, 0.717) is 5.69 Å². The summed E-state index contributed by atoms with van der Waals surface area (Å²) >= 11 is 1.67. The summed E-state index contributed by atoms with van der Waals surface area (Å²) in [6, 6.07) is 1.37. The first-order valence-corrected chi connectivity index (χ1v) is 6.64. The van der Waals surface area contributed by atoms with E-state index < -0.39 is 24.5 Å². The Bertz CT molecular complexity index is 495. The molecule has 0 saturated carbocycles. The Morgan fingerprint density at radius 1 is 1.50 bits per heavy atom. The van der Waals surface area contributed by atoms with Crippen LogP contribution in [-0.2, 0) is 22.5 Å². The Kier molecular flexibility index (Phi) is 5.99. The lowest BCUT2D eigenvalue weighted by Gasteiger charge is -2.15. The monoisotopic (exact) mass is 404 g/mol. The third kappa shape index (κ3) is 5.12. The zero-order chi connectivity index (χ0) is 15.3. The number of nitrogens with two attached hydrogens (primary N) is 1. The summed E-state index contributed by atoms with van der Waals surface area (Å²) < 4.78 is 45.9. The first-order valence-electron chi connectivity index (χ1n) is 5.56. The highest BCUT2D eigenvalue weighted by Crippen LogP contribution is 2.31. The minimum Gasteiger partial charge on any atom is -0.466 e. The zero-order valence-electron chi connectivity index (χ0n) is 10.5. The van der Waals surface area contributed by atoms with E-state index in [9.17, 15) is 18.0 Å². The lowest BCUT2D eigenvalue weighted by Crippen LogP contribution is -2.21. The van der Waals surface area contributed by atoms with Gasteiger partial charge in [0.2, 0.25) is 0 Å². The predicted octanol–water partition coefficient (Wildman–Crippen LogP) is 2.15. The number of hydrogen-bond donors (Lipinski definition) is 1. The molecule has 9 heteroatoms. The first-order chi connectivity index (χ1) is 9.26. The number of esters is 1. The second-order valence-electron chi connectivity index (χ2n) is 3.60. The molecule has 0 aliphatic heterocycles. The van der Waals surface area contributed by atoms with Crippen molar-refractivity contribution in [2.45, 2.75) is 26.3 Å². The molecule has 20 heavy (non-hydrogen) atoms. The molecule has 1 aromatic rings. The van der Waals surface area contributed by atoms with Crippen LogP contribution >= 0.6 is 22.6 Å². The van der Waals surface area contributed by atoms with Crippen LogP contribution in [0.3, 0.4) is 0 Å². The van der Waals surface area contributed by atoms with Gasteiger partial charge in [-0.3, -0.25) is 9.78 Å². The molecule has 0 spiro atoms. The van der Waals surface area contributed by atoms with Crippen molar-refractivity contribution in [3.63, 3.8) is 0 Å². The van der Waals surface area contributed by atoms with Gasteiger partial charge in [0, 0.05) is 6.54 Å². The summed E-state index contributed by atoms with van der Waals surface area (Å²) in [6.45, 7) is 1.76. The van der Waals surface area contributed by atoms with Crippen molar-refractivity contribution < 1.29 is 27.4 Å². The summed E-state index contributed by atoms with van der Waals surface area (Å²) in [4.78, 5) is 15.3. The molecule has 0 bridgehead atoms. The number of carbonyl (C=O) groups is 1. The molecule has 5 nitrogen and oxygen atoms in total. The highest BCUT2D eigenvalue weighted by Gasteiger charge is 2.34. The predicted molar refractivity (Wildman–Crippen MR) is 71.9 cm³/mol. The topological polar surface area (TPSA) is 74.4 Å². The minimum atomic E-state index is -4.87. The number of rotatable bonds is 5. The van der Waals surface area contributed by atoms with Gasteiger partial charge in [0.15, 0.2) is 5.75 Å². The molecule has 0 aliphatic carbocycles. The summed E-state index contributed by atoms with van der Waals surface area (Å²) in [5.74, 6) is -1.18. The fourth-order valence-electron chi connectivity index (χ4n) is 1.40. The Balaban J connectivity index is 3.15. The molecular weight excluding hydrogens is 392 g/mol. The third-order valence-electron chi connectivity index (χ3n) is 2.09. The molecule has 0 unspecified atom stereocenters. The van der Waals surface area contributed by atoms with Crippen molar-refractivity contribution >= 4 is 28.6 Å². The molecule has 0 fully saturated rings. The van der Waals surface area contributed by atoms with Gasteiger partial charge < -0.3 is 15.2 Å². The van der Waals surface area contributed by atoms with Crippen molar-refractivity contribution in [1.82, 2.24) is 4.98 Å². The molecule has 0 atom stereocenters. The summed E-state index contributed by atoms with van der Waals surface area (Å²) in [7, 11) is 0. The van der Waals surface area contributed by atoms with Crippen molar-refractivity contribution in [2.75, 3.05) is 6.61 Å². The molecule has 112 valence electrons. The molecule has 0 radical (unpaired) electrons. The normalized spacial score (nSPS) is 11.3. The fraction of sp³-hybridized carbons (Fsp3) is 0.455. The van der Waals surface area contributed by atoms with Crippen LogP contribution in [0.2, 0.25) is 0 Å². The number of aromatic nitrogens is 1. The summed E-state index contributed by atoms with van der Waals surface area (Å²) in [5, 5.41) is 0. The largest absolute Gasteiger partial charge is 0.573 e. The number of nitrogens with zero attached hydrogens (tertiary/aromatic N) is 1. The zero-order valence-corrected chi connectivity index (χ0v) is 12.6. The molecule has 1 rings (SSSR count). The number of hydrogen-bond acceptors (Lipinski definition) is 5. The molecule has 1 heterocycles. The van der Waals surface area contributed by atoms with Crippen LogP contribution in [0.1, 0.15) is 18.3 Å². The summed E-state index contributed by atoms with van der Waals surface area (Å²) in [5.41, 5.74) is 5.63. The number of pyridine rings is 1. The van der Waals surface area contributed by atoms with Gasteiger partial charge in [0.05, 0.1) is 28.0 Å². The maximum atomic E-state index is 12.4. The smallest absolute Gasteiger partial charge is 0.466 e. The van der Waals surface area contributed by atoms with Gasteiger partial charge in [-0.05, 0) is 35.6 Å². The van der Waals surface area contributed by atoms with E-state index in [1.54, 1.807) is 29.5 Å². The van der Waals surface area contributed by atoms with Crippen LogP contribution in [-0.4, -0.2) is 23.9 Å². The van der Waals surface area contributed by atoms with Crippen LogP contribution in [0.25, 0.3) is 0 Å². The average Bonchev–Trinajstić information content (AvgIpc) is 2.32. The van der Waals surface area contributed by atoms with Crippen molar-refractivity contribution in [3.05, 3.63) is 21.0 Å². The Morgan fingerprint density at radius 2 is 2.15 bits per heavy atom. The maximum Gasteiger partial charge on any atom is 0.573 e. The van der Waals surface area contributed by atoms with Gasteiger partial charge in [-0.2, -0.15) is 0 Å². The maximum absolute atomic E-state index is 12.4. The Labute approximate surface area is 126 Å². The van der Waals surface area contributed by atoms with E-state index in [4.69, 9.17) is 10.5 Å². The van der Waals surface area contributed by atoms with E-state index in [1.165, 1.54) is 6.07 Å². The lowest BCUT2D eigenvalue weighted by atomic mass is 10.2. The van der Waals surface area contributed by atoms with Gasteiger partial charge in [-0.25, -0.2) is 0 Å². The number of alkyl halides is 3. The molecule has 0 saturated heterocycles. The Morgan fingerprint density at radius 3 is 2.65 bits per heavy atom. The molecular formula is C11H12F3IN2O3. The van der Waals surface area contributed by atoms with Crippen molar-refractivity contribution in [1.29, 1.82) is 0 Å². The third-order valence-corrected chi connectivity index (χ3v) is 2.90. The number of halogens is 4. The van der Waals surface area contributed by atoms with E-state index in [2.05, 4.69) is 9.72 Å². The van der Waals surface area contributed by atoms with Gasteiger partial charge >= 0.3 is 12.3 Å². The SMILES string of the molecule is CCOC(=O)Cc1nc(CN)cc(I)c1OC(F)(F)F. The van der Waals surface area contributed by atoms with E-state index in [1.807, 2.05) is 0 Å². The van der Waals surface area contributed by atoms with E-state index in [-0.39, 0.29) is 22.4 Å². The molecule has 1 aromatic heterocycles. The molecule has 0 aliphatic rings. The molecule has 0 aromatic carbocycles. The van der Waals surface area contributed by atoms with Gasteiger partial charge in [-0.1, -0.05) is 0 Å². The van der Waals surface area contributed by atoms with Crippen molar-refractivity contribution in [2.24, 2.45) is 5.73 Å². The number of ether oxygens (including phenoxy) is 2. The Hall–Kier alpha value is -1.10. The summed E-state index contributed by atoms with van der Waals surface area (Å²) in [6.07, 6.45) is -5.28. The van der Waals surface area contributed by atoms with E-state index in [0.717, 1.165) is 0 Å². The fourth-order valence-corrected chi connectivity index (χ4v) is 2.18. The molecule has 0 amide bonds. The average molecular weight is 404 g/mol. The highest BCUT2D eigenvalue weighted by atomic mass is 127. The minimum absolute atomic E-state index is 0.0398. The van der Waals surface area contributed by atoms with Crippen LogP contribution in [0.15, 0.2) is 6.07 Å². The van der Waals surface area contributed by atoms with Crippen molar-refractivity contribution in [3.8, 4) is 5.75 Å². The quantitative estimate of drug-likeness (QED) is 0.602.